The van der Waals surface area contributed by atoms with Crippen LogP contribution in [0.2, 0.25) is 0 Å². The van der Waals surface area contributed by atoms with Gasteiger partial charge in [-0.25, -0.2) is 4.99 Å². The Labute approximate surface area is 328 Å². The quantitative estimate of drug-likeness (QED) is 0.0330. The zero-order valence-corrected chi connectivity index (χ0v) is 34.8. The minimum atomic E-state index is -1.15. The molecule has 1 heterocycles. The van der Waals surface area contributed by atoms with E-state index in [2.05, 4.69) is 24.2 Å². The van der Waals surface area contributed by atoms with Crippen molar-refractivity contribution in [3.05, 3.63) is 0 Å². The number of hydrogen-bond acceptors (Lipinski definition) is 14. The molecule has 2 unspecified atom stereocenters. The third-order valence-electron chi connectivity index (χ3n) is 6.85. The van der Waals surface area contributed by atoms with Crippen molar-refractivity contribution in [1.29, 1.82) is 0 Å². The maximum absolute atomic E-state index is 11.9. The Morgan fingerprint density at radius 3 is 1.33 bits per heavy atom. The number of unbranched alkanes of at least 4 members (excludes halogenated alkanes) is 5. The predicted molar refractivity (Wildman–Crippen MR) is 190 cm³/mol. The Kier molecular flexibility index (Phi) is 57.5. The number of rotatable bonds is 20. The van der Waals surface area contributed by atoms with Gasteiger partial charge in [-0.15, -0.1) is 0 Å². The molecule has 0 radical (unpaired) electrons. The van der Waals surface area contributed by atoms with Crippen LogP contribution >= 0.6 is 0 Å². The Balaban J connectivity index is -0.000000127. The van der Waals surface area contributed by atoms with Crippen LogP contribution in [-0.4, -0.2) is 148 Å². The Bertz CT molecular complexity index is 710. The second kappa shape index (κ2) is 47.2. The van der Waals surface area contributed by atoms with Crippen LogP contribution in [-0.2, 0) is 19.1 Å². The van der Waals surface area contributed by atoms with Gasteiger partial charge in [0.05, 0.1) is 45.7 Å². The number of ether oxygens (including phenoxy) is 2. The van der Waals surface area contributed by atoms with Gasteiger partial charge in [-0.2, -0.15) is 0 Å². The zero-order chi connectivity index (χ0) is 39.8. The van der Waals surface area contributed by atoms with Crippen LogP contribution in [0.3, 0.4) is 0 Å². The van der Waals surface area contributed by atoms with Crippen LogP contribution in [0.1, 0.15) is 106 Å². The van der Waals surface area contributed by atoms with Gasteiger partial charge >= 0.3 is 29.6 Å². The second-order valence-corrected chi connectivity index (χ2v) is 11.0. The molecule has 2 amide bonds. The van der Waals surface area contributed by atoms with Gasteiger partial charge in [0, 0.05) is 26.4 Å². The van der Waals surface area contributed by atoms with Crippen molar-refractivity contribution in [2.45, 2.75) is 125 Å². The minimum Gasteiger partial charge on any atom is -0.846 e. The van der Waals surface area contributed by atoms with Crippen LogP contribution in [0.4, 0.5) is 0 Å². The molecule has 0 saturated heterocycles. The third kappa shape index (κ3) is 38.7. The van der Waals surface area contributed by atoms with E-state index in [1.165, 1.54) is 38.5 Å². The number of nitrogens with zero attached hydrogens (tertiary/aromatic N) is 1. The smallest absolute Gasteiger partial charge is 0.846 e. The predicted octanol–water partition coefficient (Wildman–Crippen LogP) is -3.38. The first kappa shape index (κ1) is 62.2. The topological polar surface area (TPSA) is 282 Å². The number of aliphatic hydroxyl groups is 9. The number of aliphatic imine (C=N–C) groups is 1. The first-order valence-corrected chi connectivity index (χ1v) is 17.7. The molecule has 0 aromatic carbocycles. The summed E-state index contributed by atoms with van der Waals surface area (Å²) in [5, 5.41) is 85.1. The fraction of sp³-hybridized carbons (Fsp3) is 0.912. The summed E-state index contributed by atoms with van der Waals surface area (Å²) in [6.45, 7) is 15.2. The third-order valence-corrected chi connectivity index (χ3v) is 6.85. The molecule has 51 heavy (non-hydrogen) atoms. The largest absolute Gasteiger partial charge is 1.00 e. The molecule has 10 N–H and O–H groups in total. The maximum Gasteiger partial charge on any atom is 1.00 e. The first-order valence-electron chi connectivity index (χ1n) is 17.7. The van der Waals surface area contributed by atoms with Crippen LogP contribution in [0.25, 0.3) is 0 Å². The Morgan fingerprint density at radius 2 is 1.06 bits per heavy atom. The second-order valence-electron chi connectivity index (χ2n) is 11.0. The van der Waals surface area contributed by atoms with Crippen LogP contribution in [0.5, 0.6) is 0 Å². The van der Waals surface area contributed by atoms with Crippen molar-refractivity contribution < 1.29 is 99.7 Å². The van der Waals surface area contributed by atoms with Crippen molar-refractivity contribution >= 4 is 17.8 Å². The molecule has 1 aliphatic rings. The SMILES string of the molecule is CCCC(C)C1(CC)C(=O)N=C([O-])NC1=O.CCCCCCCCOCC.CCOCC.OCC(O)CO.OCC(O)CO.OCC(O)CO.[Na+]. The van der Waals surface area contributed by atoms with Crippen molar-refractivity contribution in [3.8, 4) is 0 Å². The van der Waals surface area contributed by atoms with E-state index in [4.69, 9.17) is 55.4 Å². The monoisotopic (exact) mass is 756 g/mol. The summed E-state index contributed by atoms with van der Waals surface area (Å²) in [5.74, 6) is -1.20. The van der Waals surface area contributed by atoms with Crippen molar-refractivity contribution in [2.75, 3.05) is 66.1 Å². The average molecular weight is 757 g/mol. The molecule has 0 fully saturated rings. The molecule has 1 aliphatic heterocycles. The van der Waals surface area contributed by atoms with E-state index in [-0.39, 0.29) is 75.1 Å². The molecule has 0 aromatic rings. The first-order chi connectivity index (χ1) is 23.7. The summed E-state index contributed by atoms with van der Waals surface area (Å²) in [7, 11) is 0. The van der Waals surface area contributed by atoms with Gasteiger partial charge in [-0.3, -0.25) is 9.59 Å². The molecule has 16 nitrogen and oxygen atoms in total. The number of aliphatic hydroxyl groups excluding tert-OH is 9. The zero-order valence-electron chi connectivity index (χ0n) is 32.8. The summed E-state index contributed by atoms with van der Waals surface area (Å²) in [6, 6.07) is -0.845. The van der Waals surface area contributed by atoms with Crippen molar-refractivity contribution in [1.82, 2.24) is 5.32 Å². The molecule has 304 valence electrons. The number of carbonyl (C=O) groups excluding carboxylic acids is 2. The maximum atomic E-state index is 11.9. The number of amidine groups is 1. The standard InChI is InChI=1S/C11H18N2O3.C10H22O.C4H10O.3C3H8O3.Na/c1-4-6-7(3)11(5-2)8(14)12-10(16)13-9(11)15;1-3-5-6-7-8-9-10-11-4-2;1-3-5-4-2;3*4-1-3(6)2-5;/h7H,4-6H2,1-3H3,(H2,12,13,14,15,16);3-10H2,1-2H3;3-4H2,1-2H3;3*3-6H,1-2H2;/q;;;;;;+1/p-1. The normalized spacial score (nSPS) is 15.2. The molecular formula is C34H73N2NaO14. The van der Waals surface area contributed by atoms with Crippen LogP contribution in [0.15, 0.2) is 4.99 Å². The molecule has 1 rings (SSSR count). The molecule has 0 bridgehead atoms. The number of amides is 2. The fourth-order valence-corrected chi connectivity index (χ4v) is 3.81. The van der Waals surface area contributed by atoms with Gasteiger partial charge in [0.15, 0.2) is 0 Å². The Hall–Kier alpha value is -0.830. The molecule has 0 saturated carbocycles. The fourth-order valence-electron chi connectivity index (χ4n) is 3.81. The van der Waals surface area contributed by atoms with Crippen molar-refractivity contribution in [3.63, 3.8) is 0 Å². The molecule has 2 atom stereocenters. The van der Waals surface area contributed by atoms with Crippen LogP contribution < -0.4 is 40.0 Å². The van der Waals surface area contributed by atoms with E-state index in [9.17, 15) is 14.7 Å². The van der Waals surface area contributed by atoms with Gasteiger partial charge in [0.25, 0.3) is 5.91 Å². The minimum absolute atomic E-state index is 0. The van der Waals surface area contributed by atoms with Crippen molar-refractivity contribution in [2.24, 2.45) is 16.3 Å². The van der Waals surface area contributed by atoms with Crippen LogP contribution in [0, 0.1) is 11.3 Å². The molecular weight excluding hydrogens is 683 g/mol. The van der Waals surface area contributed by atoms with Gasteiger partial charge in [-0.1, -0.05) is 66.2 Å². The van der Waals surface area contributed by atoms with E-state index in [0.717, 1.165) is 39.3 Å². The average Bonchev–Trinajstić information content (AvgIpc) is 3.12. The summed E-state index contributed by atoms with van der Waals surface area (Å²) in [5.41, 5.74) is -1.15. The summed E-state index contributed by atoms with van der Waals surface area (Å²) in [6.07, 6.45) is 7.28. The molecule has 0 aromatic heterocycles. The van der Waals surface area contributed by atoms with Gasteiger partial charge in [0.1, 0.15) is 23.7 Å². The number of carbonyl (C=O) groups is 2. The van der Waals surface area contributed by atoms with E-state index < -0.39 is 41.6 Å². The van der Waals surface area contributed by atoms with Gasteiger partial charge in [-0.05, 0) is 46.0 Å². The van der Waals surface area contributed by atoms with E-state index >= 15 is 0 Å². The van der Waals surface area contributed by atoms with E-state index in [0.29, 0.717) is 6.42 Å². The van der Waals surface area contributed by atoms with Gasteiger partial charge in [0.2, 0.25) is 5.91 Å². The number of hydrogen-bond donors (Lipinski definition) is 10. The summed E-state index contributed by atoms with van der Waals surface area (Å²) < 4.78 is 10.1. The summed E-state index contributed by atoms with van der Waals surface area (Å²) in [4.78, 5) is 27.1. The summed E-state index contributed by atoms with van der Waals surface area (Å²) >= 11 is 0. The number of nitrogens with one attached hydrogen (secondary N) is 1. The molecule has 0 spiro atoms. The Morgan fingerprint density at radius 1 is 0.667 bits per heavy atom. The van der Waals surface area contributed by atoms with Gasteiger partial charge < -0.3 is 65.9 Å². The van der Waals surface area contributed by atoms with E-state index in [1.54, 1.807) is 6.92 Å². The molecule has 0 aliphatic carbocycles. The molecule has 17 heteroatoms. The van der Waals surface area contributed by atoms with E-state index in [1.807, 2.05) is 27.7 Å².